The Morgan fingerprint density at radius 2 is 2.30 bits per heavy atom. The monoisotopic (exact) mass is 140 g/mol. The molecule has 2 heteroatoms. The van der Waals surface area contributed by atoms with E-state index in [1.165, 1.54) is 25.9 Å². The molecule has 1 aliphatic carbocycles. The summed E-state index contributed by atoms with van der Waals surface area (Å²) < 4.78 is 0. The molecule has 0 aromatic rings. The number of nitrogens with two attached hydrogens (primary N) is 1. The highest BCUT2D eigenvalue weighted by Gasteiger charge is 2.41. The Hall–Kier alpha value is -0.0800. The van der Waals surface area contributed by atoms with Gasteiger partial charge in [-0.2, -0.15) is 0 Å². The van der Waals surface area contributed by atoms with Gasteiger partial charge in [-0.15, -0.1) is 0 Å². The van der Waals surface area contributed by atoms with Crippen LogP contribution in [-0.4, -0.2) is 30.1 Å². The first-order valence-electron chi connectivity index (χ1n) is 4.31. The molecule has 2 nitrogen and oxygen atoms in total. The predicted octanol–water partition coefficient (Wildman–Crippen LogP) is 0.428. The Morgan fingerprint density at radius 1 is 1.50 bits per heavy atom. The molecule has 0 aromatic carbocycles. The fourth-order valence-corrected chi connectivity index (χ4v) is 2.47. The van der Waals surface area contributed by atoms with Crippen LogP contribution in [0.1, 0.15) is 19.8 Å². The molecule has 58 valence electrons. The van der Waals surface area contributed by atoms with Gasteiger partial charge in [-0.3, -0.25) is 0 Å². The molecule has 1 aliphatic heterocycles. The van der Waals surface area contributed by atoms with E-state index < -0.39 is 0 Å². The van der Waals surface area contributed by atoms with E-state index in [-0.39, 0.29) is 0 Å². The third-order valence-corrected chi connectivity index (χ3v) is 3.12. The van der Waals surface area contributed by atoms with Crippen molar-refractivity contribution in [3.05, 3.63) is 0 Å². The zero-order valence-corrected chi connectivity index (χ0v) is 6.59. The number of rotatable bonds is 1. The largest absolute Gasteiger partial charge is 0.327 e. The summed E-state index contributed by atoms with van der Waals surface area (Å²) >= 11 is 0. The minimum Gasteiger partial charge on any atom is -0.327 e. The lowest BCUT2D eigenvalue weighted by atomic mass is 10.0. The summed E-state index contributed by atoms with van der Waals surface area (Å²) in [4.78, 5) is 2.56. The van der Waals surface area contributed by atoms with Crippen LogP contribution in [0.15, 0.2) is 0 Å². The van der Waals surface area contributed by atoms with Crippen molar-refractivity contribution in [1.29, 1.82) is 0 Å². The number of fused-ring (bicyclic) bond motifs is 2. The average molecular weight is 140 g/mol. The van der Waals surface area contributed by atoms with Gasteiger partial charge in [0, 0.05) is 18.6 Å². The molecule has 2 bridgehead atoms. The Balaban J connectivity index is 2.02. The first-order chi connectivity index (χ1) is 4.81. The van der Waals surface area contributed by atoms with Gasteiger partial charge < -0.3 is 10.6 Å². The van der Waals surface area contributed by atoms with Crippen LogP contribution in [0.4, 0.5) is 0 Å². The summed E-state index contributed by atoms with van der Waals surface area (Å²) in [5, 5.41) is 0. The summed E-state index contributed by atoms with van der Waals surface area (Å²) in [5.74, 6) is 0.824. The van der Waals surface area contributed by atoms with Crippen LogP contribution in [0.2, 0.25) is 0 Å². The van der Waals surface area contributed by atoms with Crippen LogP contribution in [0, 0.1) is 5.92 Å². The Bertz CT molecular complexity index is 133. The third-order valence-electron chi connectivity index (χ3n) is 3.12. The van der Waals surface area contributed by atoms with Crippen LogP contribution >= 0.6 is 0 Å². The second kappa shape index (κ2) is 2.21. The van der Waals surface area contributed by atoms with Gasteiger partial charge in [0.2, 0.25) is 0 Å². The molecule has 2 aliphatic rings. The lowest BCUT2D eigenvalue weighted by Crippen LogP contribution is -2.40. The van der Waals surface area contributed by atoms with Gasteiger partial charge in [0.05, 0.1) is 0 Å². The maximum atomic E-state index is 5.91. The maximum Gasteiger partial charge on any atom is 0.0114 e. The molecule has 0 spiro atoms. The first-order valence-corrected chi connectivity index (χ1v) is 4.31. The van der Waals surface area contributed by atoms with Crippen LogP contribution in [-0.2, 0) is 0 Å². The van der Waals surface area contributed by atoms with Crippen molar-refractivity contribution in [2.45, 2.75) is 31.8 Å². The normalized spacial score (nSPS) is 46.8. The SMILES string of the molecule is CCN1C[C@H]2CC1C[C@H]2N. The fraction of sp³-hybridized carbons (Fsp3) is 1.00. The first kappa shape index (κ1) is 6.62. The number of nitrogens with zero attached hydrogens (tertiary/aromatic N) is 1. The highest BCUT2D eigenvalue weighted by molar-refractivity contribution is 4.98. The van der Waals surface area contributed by atoms with Crippen LogP contribution in [0.5, 0.6) is 0 Å². The van der Waals surface area contributed by atoms with Crippen molar-refractivity contribution in [2.75, 3.05) is 13.1 Å². The molecule has 1 saturated carbocycles. The predicted molar refractivity (Wildman–Crippen MR) is 41.7 cm³/mol. The van der Waals surface area contributed by atoms with Crippen molar-refractivity contribution < 1.29 is 0 Å². The van der Waals surface area contributed by atoms with E-state index in [0.717, 1.165) is 12.0 Å². The molecule has 0 aromatic heterocycles. The molecule has 2 fully saturated rings. The van der Waals surface area contributed by atoms with Crippen LogP contribution in [0.3, 0.4) is 0 Å². The van der Waals surface area contributed by atoms with Gasteiger partial charge in [-0.25, -0.2) is 0 Å². The minimum atomic E-state index is 0.521. The fourth-order valence-electron chi connectivity index (χ4n) is 2.47. The van der Waals surface area contributed by atoms with Crippen molar-refractivity contribution in [3.8, 4) is 0 Å². The lowest BCUT2D eigenvalue weighted by Gasteiger charge is -2.28. The summed E-state index contributed by atoms with van der Waals surface area (Å²) in [6.45, 7) is 4.72. The highest BCUT2D eigenvalue weighted by atomic mass is 15.2. The standard InChI is InChI=1S/C8H16N2/c1-2-10-5-6-3-7(10)4-8(6)9/h6-8H,2-5,9H2,1H3/t6-,7?,8-/m1/s1. The second-order valence-electron chi connectivity index (χ2n) is 3.64. The number of likely N-dealkylation sites (tertiary alicyclic amines) is 1. The zero-order valence-electron chi connectivity index (χ0n) is 6.59. The Kier molecular flexibility index (Phi) is 1.46. The van der Waals surface area contributed by atoms with Gasteiger partial charge in [-0.05, 0) is 25.3 Å². The molecule has 0 amide bonds. The van der Waals surface area contributed by atoms with Crippen LogP contribution < -0.4 is 5.73 Å². The van der Waals surface area contributed by atoms with Crippen molar-refractivity contribution in [1.82, 2.24) is 4.90 Å². The summed E-state index contributed by atoms with van der Waals surface area (Å²) in [6, 6.07) is 1.36. The molecule has 0 radical (unpaired) electrons. The highest BCUT2D eigenvalue weighted by Crippen LogP contribution is 2.36. The average Bonchev–Trinajstić information content (AvgIpc) is 2.44. The van der Waals surface area contributed by atoms with Gasteiger partial charge in [-0.1, -0.05) is 6.92 Å². The Labute approximate surface area is 62.4 Å². The molecule has 10 heavy (non-hydrogen) atoms. The van der Waals surface area contributed by atoms with E-state index in [1.807, 2.05) is 0 Å². The van der Waals surface area contributed by atoms with Crippen molar-refractivity contribution in [3.63, 3.8) is 0 Å². The molecule has 1 heterocycles. The van der Waals surface area contributed by atoms with Crippen LogP contribution in [0.25, 0.3) is 0 Å². The van der Waals surface area contributed by atoms with E-state index in [9.17, 15) is 0 Å². The zero-order chi connectivity index (χ0) is 7.14. The minimum absolute atomic E-state index is 0.521. The van der Waals surface area contributed by atoms with E-state index in [1.54, 1.807) is 0 Å². The number of hydrogen-bond donors (Lipinski definition) is 1. The van der Waals surface area contributed by atoms with E-state index in [0.29, 0.717) is 6.04 Å². The summed E-state index contributed by atoms with van der Waals surface area (Å²) in [6.07, 6.45) is 2.62. The van der Waals surface area contributed by atoms with E-state index >= 15 is 0 Å². The molecule has 2 N–H and O–H groups in total. The molecular formula is C8H16N2. The van der Waals surface area contributed by atoms with Gasteiger partial charge in [0.25, 0.3) is 0 Å². The van der Waals surface area contributed by atoms with E-state index in [2.05, 4.69) is 11.8 Å². The topological polar surface area (TPSA) is 29.3 Å². The van der Waals surface area contributed by atoms with Crippen molar-refractivity contribution in [2.24, 2.45) is 11.7 Å². The number of hydrogen-bond acceptors (Lipinski definition) is 2. The molecule has 3 atom stereocenters. The quantitative estimate of drug-likeness (QED) is 0.572. The van der Waals surface area contributed by atoms with Gasteiger partial charge in [0.15, 0.2) is 0 Å². The van der Waals surface area contributed by atoms with Gasteiger partial charge in [0.1, 0.15) is 0 Å². The summed E-state index contributed by atoms with van der Waals surface area (Å²) in [7, 11) is 0. The Morgan fingerprint density at radius 3 is 2.70 bits per heavy atom. The third kappa shape index (κ3) is 0.789. The molecule has 2 rings (SSSR count). The second-order valence-corrected chi connectivity index (χ2v) is 3.64. The number of piperidine rings is 1. The van der Waals surface area contributed by atoms with Crippen molar-refractivity contribution >= 4 is 0 Å². The smallest absolute Gasteiger partial charge is 0.0114 e. The van der Waals surface area contributed by atoms with E-state index in [4.69, 9.17) is 5.73 Å². The summed E-state index contributed by atoms with van der Waals surface area (Å²) in [5.41, 5.74) is 5.91. The molecule has 1 saturated heterocycles. The van der Waals surface area contributed by atoms with Gasteiger partial charge >= 0.3 is 0 Å². The molecule has 1 unspecified atom stereocenters. The molecular weight excluding hydrogens is 124 g/mol. The lowest BCUT2D eigenvalue weighted by molar-refractivity contribution is 0.210. The maximum absolute atomic E-state index is 5.91.